The molecule has 0 spiro atoms. The fourth-order valence-corrected chi connectivity index (χ4v) is 4.76. The van der Waals surface area contributed by atoms with E-state index in [9.17, 15) is 0 Å². The zero-order valence-corrected chi connectivity index (χ0v) is 17.1. The second-order valence-corrected chi connectivity index (χ2v) is 8.18. The summed E-state index contributed by atoms with van der Waals surface area (Å²) < 4.78 is 17.0. The Labute approximate surface area is 168 Å². The first-order valence-corrected chi connectivity index (χ1v) is 10.6. The van der Waals surface area contributed by atoms with Gasteiger partial charge in [-0.3, -0.25) is 4.99 Å². The van der Waals surface area contributed by atoms with E-state index in [-0.39, 0.29) is 5.41 Å². The van der Waals surface area contributed by atoms with Crippen molar-refractivity contribution in [3.8, 4) is 5.75 Å². The fraction of sp³-hybridized carbons (Fsp3) is 0.682. The Morgan fingerprint density at radius 3 is 2.61 bits per heavy atom. The summed E-state index contributed by atoms with van der Waals surface area (Å²) in [5.74, 6) is 1.80. The molecule has 3 fully saturated rings. The molecule has 0 amide bonds. The van der Waals surface area contributed by atoms with Crippen molar-refractivity contribution in [2.45, 2.75) is 62.7 Å². The number of rotatable bonds is 6. The molecule has 0 saturated carbocycles. The smallest absolute Gasteiger partial charge is 0.191 e. The van der Waals surface area contributed by atoms with Crippen molar-refractivity contribution in [1.29, 1.82) is 0 Å². The first kappa shape index (κ1) is 19.5. The minimum atomic E-state index is 0.0120. The van der Waals surface area contributed by atoms with Crippen LogP contribution in [0.1, 0.15) is 44.6 Å². The summed E-state index contributed by atoms with van der Waals surface area (Å²) in [5, 5.41) is 7.07. The SMILES string of the molecule is CCNC(=NCC1(c2ccc(OC)cc2)CCOCC1)NC1CC2CCC1O2. The first-order valence-electron chi connectivity index (χ1n) is 10.6. The molecular formula is C22H33N3O3. The maximum absolute atomic E-state index is 6.00. The Kier molecular flexibility index (Phi) is 6.07. The number of benzene rings is 1. The second-order valence-electron chi connectivity index (χ2n) is 8.18. The van der Waals surface area contributed by atoms with E-state index in [2.05, 4.69) is 29.7 Å². The fourth-order valence-electron chi connectivity index (χ4n) is 4.76. The first-order chi connectivity index (χ1) is 13.7. The van der Waals surface area contributed by atoms with Crippen LogP contribution in [0, 0.1) is 0 Å². The van der Waals surface area contributed by atoms with E-state index in [1.165, 1.54) is 12.0 Å². The molecule has 3 unspecified atom stereocenters. The molecule has 0 aliphatic carbocycles. The molecule has 3 atom stereocenters. The van der Waals surface area contributed by atoms with E-state index >= 15 is 0 Å². The quantitative estimate of drug-likeness (QED) is 0.580. The van der Waals surface area contributed by atoms with Crippen LogP contribution < -0.4 is 15.4 Å². The summed E-state index contributed by atoms with van der Waals surface area (Å²) in [4.78, 5) is 5.03. The van der Waals surface area contributed by atoms with Crippen LogP contribution in [-0.4, -0.2) is 57.6 Å². The number of aliphatic imine (C=N–C) groups is 1. The number of nitrogens with one attached hydrogen (secondary N) is 2. The van der Waals surface area contributed by atoms with Crippen molar-refractivity contribution in [3.05, 3.63) is 29.8 Å². The maximum atomic E-state index is 6.00. The van der Waals surface area contributed by atoms with Gasteiger partial charge in [0.2, 0.25) is 0 Å². The van der Waals surface area contributed by atoms with Gasteiger partial charge in [-0.25, -0.2) is 0 Å². The zero-order chi connectivity index (χ0) is 19.4. The van der Waals surface area contributed by atoms with Crippen LogP contribution in [-0.2, 0) is 14.9 Å². The molecule has 3 aliphatic heterocycles. The average Bonchev–Trinajstić information content (AvgIpc) is 3.36. The Morgan fingerprint density at radius 2 is 2.00 bits per heavy atom. The van der Waals surface area contributed by atoms with Crippen molar-refractivity contribution < 1.29 is 14.2 Å². The Bertz CT molecular complexity index is 670. The maximum Gasteiger partial charge on any atom is 0.191 e. The zero-order valence-electron chi connectivity index (χ0n) is 17.1. The van der Waals surface area contributed by atoms with E-state index in [0.29, 0.717) is 18.2 Å². The summed E-state index contributed by atoms with van der Waals surface area (Å²) >= 11 is 0. The van der Waals surface area contributed by atoms with Gasteiger partial charge in [0.25, 0.3) is 0 Å². The predicted molar refractivity (Wildman–Crippen MR) is 110 cm³/mol. The topological polar surface area (TPSA) is 64.1 Å². The molecule has 4 rings (SSSR count). The van der Waals surface area contributed by atoms with Crippen molar-refractivity contribution in [2.75, 3.05) is 33.4 Å². The number of guanidine groups is 1. The second kappa shape index (κ2) is 8.70. The Morgan fingerprint density at radius 1 is 1.21 bits per heavy atom. The number of hydrogen-bond donors (Lipinski definition) is 2. The highest BCUT2D eigenvalue weighted by atomic mass is 16.5. The van der Waals surface area contributed by atoms with Gasteiger partial charge in [0, 0.05) is 25.2 Å². The van der Waals surface area contributed by atoms with Crippen LogP contribution in [0.25, 0.3) is 0 Å². The van der Waals surface area contributed by atoms with Crippen molar-refractivity contribution >= 4 is 5.96 Å². The van der Waals surface area contributed by atoms with Crippen molar-refractivity contribution in [1.82, 2.24) is 10.6 Å². The van der Waals surface area contributed by atoms with Crippen LogP contribution in [0.5, 0.6) is 5.75 Å². The third-order valence-corrected chi connectivity index (χ3v) is 6.46. The lowest BCUT2D eigenvalue weighted by Crippen LogP contribution is -2.48. The van der Waals surface area contributed by atoms with Crippen molar-refractivity contribution in [2.24, 2.45) is 4.99 Å². The number of hydrogen-bond acceptors (Lipinski definition) is 4. The van der Waals surface area contributed by atoms with Crippen LogP contribution in [0.3, 0.4) is 0 Å². The highest BCUT2D eigenvalue weighted by Crippen LogP contribution is 2.36. The lowest BCUT2D eigenvalue weighted by Gasteiger charge is -2.37. The lowest BCUT2D eigenvalue weighted by atomic mass is 9.74. The minimum absolute atomic E-state index is 0.0120. The molecule has 3 aliphatic rings. The average molecular weight is 388 g/mol. The summed E-state index contributed by atoms with van der Waals surface area (Å²) in [5.41, 5.74) is 1.33. The van der Waals surface area contributed by atoms with Gasteiger partial charge in [-0.2, -0.15) is 0 Å². The molecule has 3 saturated heterocycles. The molecule has 0 radical (unpaired) electrons. The van der Waals surface area contributed by atoms with Crippen LogP contribution >= 0.6 is 0 Å². The molecule has 2 N–H and O–H groups in total. The highest BCUT2D eigenvalue weighted by Gasteiger charge is 2.41. The molecule has 0 aromatic heterocycles. The molecule has 154 valence electrons. The van der Waals surface area contributed by atoms with E-state index in [0.717, 1.165) is 63.7 Å². The Hall–Kier alpha value is -1.79. The monoisotopic (exact) mass is 387 g/mol. The molecule has 6 heteroatoms. The van der Waals surface area contributed by atoms with Crippen molar-refractivity contribution in [3.63, 3.8) is 0 Å². The van der Waals surface area contributed by atoms with Gasteiger partial charge in [0.05, 0.1) is 31.9 Å². The summed E-state index contributed by atoms with van der Waals surface area (Å²) in [7, 11) is 1.71. The standard InChI is InChI=1S/C22H33N3O3/c1-3-23-21(25-19-14-18-8-9-20(19)28-18)24-15-22(10-12-27-13-11-22)16-4-6-17(26-2)7-5-16/h4-7,18-20H,3,8-15H2,1-2H3,(H2,23,24,25). The molecule has 1 aromatic rings. The third kappa shape index (κ3) is 4.13. The summed E-state index contributed by atoms with van der Waals surface area (Å²) in [6.07, 6.45) is 6.20. The highest BCUT2D eigenvalue weighted by molar-refractivity contribution is 5.80. The predicted octanol–water partition coefficient (Wildman–Crippen LogP) is 2.62. The molecule has 3 heterocycles. The van der Waals surface area contributed by atoms with Gasteiger partial charge in [-0.15, -0.1) is 0 Å². The lowest BCUT2D eigenvalue weighted by molar-refractivity contribution is 0.0530. The third-order valence-electron chi connectivity index (χ3n) is 6.46. The van der Waals surface area contributed by atoms with E-state index in [1.807, 2.05) is 12.1 Å². The van der Waals surface area contributed by atoms with Gasteiger partial charge >= 0.3 is 0 Å². The van der Waals surface area contributed by atoms with Gasteiger partial charge in [0.15, 0.2) is 5.96 Å². The number of fused-ring (bicyclic) bond motifs is 2. The molecule has 28 heavy (non-hydrogen) atoms. The molecule has 2 bridgehead atoms. The molecular weight excluding hydrogens is 354 g/mol. The van der Waals surface area contributed by atoms with E-state index in [4.69, 9.17) is 19.2 Å². The molecule has 6 nitrogen and oxygen atoms in total. The Balaban J connectivity index is 1.50. The van der Waals surface area contributed by atoms with Gasteiger partial charge in [0.1, 0.15) is 5.75 Å². The van der Waals surface area contributed by atoms with E-state index in [1.54, 1.807) is 7.11 Å². The number of ether oxygens (including phenoxy) is 3. The molecule has 1 aromatic carbocycles. The normalized spacial score (nSPS) is 28.9. The summed E-state index contributed by atoms with van der Waals surface area (Å²) in [6.45, 7) is 5.28. The van der Waals surface area contributed by atoms with E-state index < -0.39 is 0 Å². The van der Waals surface area contributed by atoms with Crippen LogP contribution in [0.2, 0.25) is 0 Å². The van der Waals surface area contributed by atoms with Crippen LogP contribution in [0.15, 0.2) is 29.3 Å². The number of nitrogens with zero attached hydrogens (tertiary/aromatic N) is 1. The van der Waals surface area contributed by atoms with Gasteiger partial charge in [-0.1, -0.05) is 12.1 Å². The van der Waals surface area contributed by atoms with Gasteiger partial charge in [-0.05, 0) is 56.7 Å². The number of methoxy groups -OCH3 is 1. The van der Waals surface area contributed by atoms with Gasteiger partial charge < -0.3 is 24.8 Å². The summed E-state index contributed by atoms with van der Waals surface area (Å²) in [6, 6.07) is 8.84. The minimum Gasteiger partial charge on any atom is -0.497 e. The largest absolute Gasteiger partial charge is 0.497 e. The van der Waals surface area contributed by atoms with Crippen LogP contribution in [0.4, 0.5) is 0 Å².